The maximum Gasteiger partial charge on any atom is 0.320 e. The number of carbonyl (C=O) groups is 1. The molecule has 1 aliphatic rings. The van der Waals surface area contributed by atoms with E-state index in [9.17, 15) is 9.90 Å². The minimum absolute atomic E-state index is 0.201. The van der Waals surface area contributed by atoms with Gasteiger partial charge in [0.1, 0.15) is 5.82 Å². The lowest BCUT2D eigenvalue weighted by Gasteiger charge is -2.22. The number of aliphatic hydroxyl groups is 1. The van der Waals surface area contributed by atoms with Crippen LogP contribution in [0.1, 0.15) is 42.5 Å². The van der Waals surface area contributed by atoms with Crippen LogP contribution in [-0.2, 0) is 7.05 Å². The average Bonchev–Trinajstić information content (AvgIpc) is 2.84. The highest BCUT2D eigenvalue weighted by Gasteiger charge is 2.23. The number of carbonyl (C=O) groups excluding carboxylic acids is 1. The van der Waals surface area contributed by atoms with Gasteiger partial charge in [-0.05, 0) is 30.5 Å². The summed E-state index contributed by atoms with van der Waals surface area (Å²) in [5.74, 6) is 1.15. The molecule has 128 valence electrons. The van der Waals surface area contributed by atoms with Crippen molar-refractivity contribution < 1.29 is 9.90 Å². The summed E-state index contributed by atoms with van der Waals surface area (Å²) >= 11 is 5.86. The second-order valence-electron chi connectivity index (χ2n) is 6.09. The third-order valence-corrected chi connectivity index (χ3v) is 4.68. The van der Waals surface area contributed by atoms with Crippen molar-refractivity contribution in [1.29, 1.82) is 0 Å². The molecule has 0 spiro atoms. The first-order valence-corrected chi connectivity index (χ1v) is 8.42. The second kappa shape index (κ2) is 7.23. The van der Waals surface area contributed by atoms with Crippen LogP contribution in [0.2, 0.25) is 5.02 Å². The minimum atomic E-state index is -0.499. The van der Waals surface area contributed by atoms with Crippen molar-refractivity contribution in [1.82, 2.24) is 15.1 Å². The molecule has 0 saturated heterocycles. The van der Waals surface area contributed by atoms with Crippen molar-refractivity contribution in [3.05, 3.63) is 46.6 Å². The van der Waals surface area contributed by atoms with Gasteiger partial charge in [-0.1, -0.05) is 30.2 Å². The lowest BCUT2D eigenvalue weighted by Crippen LogP contribution is -2.34. The third kappa shape index (κ3) is 3.71. The van der Waals surface area contributed by atoms with E-state index in [2.05, 4.69) is 15.7 Å². The van der Waals surface area contributed by atoms with Crippen LogP contribution in [0.25, 0.3) is 0 Å². The molecule has 1 fully saturated rings. The minimum Gasteiger partial charge on any atom is -0.394 e. The van der Waals surface area contributed by atoms with Gasteiger partial charge in [-0.25, -0.2) is 4.79 Å². The molecule has 1 atom stereocenters. The standard InChI is InChI=1S/C17H21ClN4O2/c1-22-16(9-14(21-22)11-3-2-4-11)20-17(24)19-15(10-23)12-5-7-13(18)8-6-12/h5-9,11,15,23H,2-4,10H2,1H3,(H2,19,20,24). The highest BCUT2D eigenvalue weighted by molar-refractivity contribution is 6.30. The number of urea groups is 1. The molecule has 1 saturated carbocycles. The Balaban J connectivity index is 1.63. The molecule has 3 N–H and O–H groups in total. The van der Waals surface area contributed by atoms with Gasteiger partial charge in [-0.2, -0.15) is 5.10 Å². The molecule has 1 heterocycles. The fourth-order valence-electron chi connectivity index (χ4n) is 2.75. The van der Waals surface area contributed by atoms with Crippen molar-refractivity contribution in [2.75, 3.05) is 11.9 Å². The number of halogens is 1. The first kappa shape index (κ1) is 16.8. The molecule has 1 unspecified atom stereocenters. The highest BCUT2D eigenvalue weighted by Crippen LogP contribution is 2.36. The number of hydrogen-bond acceptors (Lipinski definition) is 3. The Labute approximate surface area is 145 Å². The monoisotopic (exact) mass is 348 g/mol. The van der Waals surface area contributed by atoms with Crippen molar-refractivity contribution in [3.63, 3.8) is 0 Å². The number of aromatic nitrogens is 2. The number of hydrogen-bond donors (Lipinski definition) is 3. The molecule has 6 nitrogen and oxygen atoms in total. The van der Waals surface area contributed by atoms with Crippen LogP contribution >= 0.6 is 11.6 Å². The van der Waals surface area contributed by atoms with E-state index in [1.54, 1.807) is 36.0 Å². The zero-order chi connectivity index (χ0) is 17.1. The van der Waals surface area contributed by atoms with Crippen molar-refractivity contribution in [2.45, 2.75) is 31.2 Å². The number of benzene rings is 1. The van der Waals surface area contributed by atoms with Gasteiger partial charge in [0.05, 0.1) is 18.3 Å². The lowest BCUT2D eigenvalue weighted by atomic mass is 9.83. The van der Waals surface area contributed by atoms with Gasteiger partial charge in [-0.15, -0.1) is 0 Å². The molecule has 0 radical (unpaired) electrons. The summed E-state index contributed by atoms with van der Waals surface area (Å²) in [5, 5.41) is 20.2. The zero-order valence-corrected chi connectivity index (χ0v) is 14.3. The van der Waals surface area contributed by atoms with Crippen LogP contribution in [-0.4, -0.2) is 27.5 Å². The number of aryl methyl sites for hydroxylation is 1. The van der Waals surface area contributed by atoms with Gasteiger partial charge < -0.3 is 10.4 Å². The Hall–Kier alpha value is -2.05. The van der Waals surface area contributed by atoms with E-state index < -0.39 is 6.04 Å². The molecule has 1 aliphatic carbocycles. The van der Waals surface area contributed by atoms with Crippen LogP contribution in [0.3, 0.4) is 0 Å². The van der Waals surface area contributed by atoms with E-state index in [0.717, 1.165) is 24.1 Å². The van der Waals surface area contributed by atoms with Crippen molar-refractivity contribution in [2.24, 2.45) is 7.05 Å². The summed E-state index contributed by atoms with van der Waals surface area (Å²) in [7, 11) is 1.81. The molecule has 2 amide bonds. The first-order valence-electron chi connectivity index (χ1n) is 8.04. The number of aliphatic hydroxyl groups excluding tert-OH is 1. The van der Waals surface area contributed by atoms with Crippen LogP contribution in [0.15, 0.2) is 30.3 Å². The van der Waals surface area contributed by atoms with E-state index in [1.807, 2.05) is 6.07 Å². The highest BCUT2D eigenvalue weighted by atomic mass is 35.5. The maximum absolute atomic E-state index is 12.2. The summed E-state index contributed by atoms with van der Waals surface area (Å²) in [6, 6.07) is 8.05. The summed E-state index contributed by atoms with van der Waals surface area (Å²) in [4.78, 5) is 12.2. The van der Waals surface area contributed by atoms with E-state index in [0.29, 0.717) is 16.8 Å². The number of amides is 2. The summed E-state index contributed by atoms with van der Waals surface area (Å²) in [6.07, 6.45) is 3.56. The van der Waals surface area contributed by atoms with Gasteiger partial charge in [0.2, 0.25) is 0 Å². The van der Waals surface area contributed by atoms with E-state index in [1.165, 1.54) is 6.42 Å². The number of nitrogens with zero attached hydrogens (tertiary/aromatic N) is 2. The maximum atomic E-state index is 12.2. The van der Waals surface area contributed by atoms with E-state index in [4.69, 9.17) is 11.6 Å². The molecule has 0 bridgehead atoms. The Kier molecular flexibility index (Phi) is 5.06. The predicted octanol–water partition coefficient (Wildman–Crippen LogP) is 3.20. The van der Waals surface area contributed by atoms with Crippen LogP contribution in [0, 0.1) is 0 Å². The summed E-state index contributed by atoms with van der Waals surface area (Å²) in [5.41, 5.74) is 1.81. The van der Waals surface area contributed by atoms with Gasteiger partial charge >= 0.3 is 6.03 Å². The van der Waals surface area contributed by atoms with Gasteiger partial charge in [0.25, 0.3) is 0 Å². The first-order chi connectivity index (χ1) is 11.6. The van der Waals surface area contributed by atoms with E-state index in [-0.39, 0.29) is 12.6 Å². The van der Waals surface area contributed by atoms with Crippen LogP contribution in [0.4, 0.5) is 10.6 Å². The second-order valence-corrected chi connectivity index (χ2v) is 6.53. The Bertz CT molecular complexity index is 710. The lowest BCUT2D eigenvalue weighted by molar-refractivity contribution is 0.225. The molecular formula is C17H21ClN4O2. The average molecular weight is 349 g/mol. The predicted molar refractivity (Wildman–Crippen MR) is 93.2 cm³/mol. The van der Waals surface area contributed by atoms with Gasteiger partial charge in [0.15, 0.2) is 0 Å². The molecule has 7 heteroatoms. The topological polar surface area (TPSA) is 79.2 Å². The fraction of sp³-hybridized carbons (Fsp3) is 0.412. The molecule has 24 heavy (non-hydrogen) atoms. The van der Waals surface area contributed by atoms with Crippen LogP contribution < -0.4 is 10.6 Å². The normalized spacial score (nSPS) is 15.6. The van der Waals surface area contributed by atoms with Crippen LogP contribution in [0.5, 0.6) is 0 Å². The Morgan fingerprint density at radius 1 is 1.42 bits per heavy atom. The number of anilines is 1. The summed E-state index contributed by atoms with van der Waals surface area (Å²) < 4.78 is 1.67. The smallest absolute Gasteiger partial charge is 0.320 e. The number of nitrogens with one attached hydrogen (secondary N) is 2. The van der Waals surface area contributed by atoms with E-state index >= 15 is 0 Å². The Morgan fingerprint density at radius 3 is 2.71 bits per heavy atom. The van der Waals surface area contributed by atoms with Crippen molar-refractivity contribution in [3.8, 4) is 0 Å². The van der Waals surface area contributed by atoms with Gasteiger partial charge in [-0.3, -0.25) is 10.00 Å². The zero-order valence-electron chi connectivity index (χ0n) is 13.5. The molecule has 2 aromatic rings. The molecule has 1 aromatic carbocycles. The molecular weight excluding hydrogens is 328 g/mol. The Morgan fingerprint density at radius 2 is 2.12 bits per heavy atom. The molecule has 3 rings (SSSR count). The fourth-order valence-corrected chi connectivity index (χ4v) is 2.88. The van der Waals surface area contributed by atoms with Gasteiger partial charge in [0, 0.05) is 24.1 Å². The SMILES string of the molecule is Cn1nc(C2CCC2)cc1NC(=O)NC(CO)c1ccc(Cl)cc1. The molecule has 1 aromatic heterocycles. The summed E-state index contributed by atoms with van der Waals surface area (Å²) in [6.45, 7) is -0.201. The number of rotatable bonds is 5. The third-order valence-electron chi connectivity index (χ3n) is 4.42. The molecule has 0 aliphatic heterocycles. The van der Waals surface area contributed by atoms with Crippen molar-refractivity contribution >= 4 is 23.4 Å². The quantitative estimate of drug-likeness (QED) is 0.776. The largest absolute Gasteiger partial charge is 0.394 e.